The summed E-state index contributed by atoms with van der Waals surface area (Å²) < 4.78 is 0. The van der Waals surface area contributed by atoms with Crippen molar-refractivity contribution in [2.75, 3.05) is 0 Å². The van der Waals surface area contributed by atoms with Crippen molar-refractivity contribution in [2.24, 2.45) is 0 Å². The van der Waals surface area contributed by atoms with Gasteiger partial charge in [0.05, 0.1) is 90.2 Å². The van der Waals surface area contributed by atoms with Gasteiger partial charge in [0, 0.05) is 18.6 Å². The van der Waals surface area contributed by atoms with Crippen LogP contribution in [-0.4, -0.2) is 99.4 Å². The summed E-state index contributed by atoms with van der Waals surface area (Å²) in [6.07, 6.45) is 15.0. The van der Waals surface area contributed by atoms with Crippen LogP contribution in [0.1, 0.15) is 76.4 Å². The third-order valence-electron chi connectivity index (χ3n) is 5.23. The van der Waals surface area contributed by atoms with Gasteiger partial charge in [0.1, 0.15) is 0 Å². The quantitative estimate of drug-likeness (QED) is 0.0612. The molecule has 3 heterocycles. The number of carbonyl (C=O) groups excluding carboxylic acids is 6. The number of aromatic nitrogens is 6. The van der Waals surface area contributed by atoms with Crippen molar-refractivity contribution in [2.45, 2.75) is 77.6 Å². The molecule has 3 aromatic rings. The van der Waals surface area contributed by atoms with Gasteiger partial charge in [0.15, 0.2) is 0 Å². The fourth-order valence-corrected chi connectivity index (χ4v) is 2.72. The number of hydrogen-bond acceptors (Lipinski definition) is 18. The van der Waals surface area contributed by atoms with Gasteiger partial charge in [-0.2, -0.15) is 0 Å². The Bertz CT molecular complexity index is 1350. The Hall–Kier alpha value is -5.76. The van der Waals surface area contributed by atoms with E-state index < -0.39 is 54.1 Å². The van der Waals surface area contributed by atoms with E-state index in [1.807, 2.05) is 0 Å². The van der Waals surface area contributed by atoms with Crippen LogP contribution in [0.2, 0.25) is 0 Å². The smallest absolute Gasteiger partial charge is 0.547 e. The minimum Gasteiger partial charge on any atom is -0.547 e. The molecule has 0 bridgehead atoms. The maximum Gasteiger partial charge on any atom is 6.00 e. The van der Waals surface area contributed by atoms with Crippen molar-refractivity contribution in [3.8, 4) is 0 Å². The summed E-state index contributed by atoms with van der Waals surface area (Å²) in [7, 11) is 0. The Morgan fingerprint density at radius 3 is 0.855 bits per heavy atom. The number of hydrogen-bond donors (Lipinski definition) is 6. The summed E-state index contributed by atoms with van der Waals surface area (Å²) >= 11 is 0. The molecule has 0 aliphatic rings. The van der Waals surface area contributed by atoms with E-state index >= 15 is 0 Å². The maximum atomic E-state index is 9.86. The predicted octanol–water partition coefficient (Wildman–Crippen LogP) is -5.79. The fourth-order valence-electron chi connectivity index (χ4n) is 2.72. The second-order valence-electron chi connectivity index (χ2n) is 9.81. The molecule has 0 saturated heterocycles. The molecular weight excluding hydrogens is 816 g/mol. The molecular formula is C33H42MoN6O15. The van der Waals surface area contributed by atoms with E-state index in [1.165, 1.54) is 37.2 Å². The van der Waals surface area contributed by atoms with Crippen LogP contribution in [0, 0.1) is 0 Å². The minimum absolute atomic E-state index is 0. The van der Waals surface area contributed by atoms with Crippen LogP contribution in [0.15, 0.2) is 55.8 Å². The van der Waals surface area contributed by atoms with Gasteiger partial charge < -0.3 is 89.7 Å². The molecule has 0 aliphatic carbocycles. The summed E-state index contributed by atoms with van der Waals surface area (Å²) in [4.78, 5) is 78.1. The molecule has 0 fully saturated rings. The molecule has 0 aromatic carbocycles. The van der Waals surface area contributed by atoms with Gasteiger partial charge in [-0.05, 0) is 55.7 Å². The van der Waals surface area contributed by atoms with Gasteiger partial charge in [-0.15, -0.1) is 0 Å². The number of aliphatic carboxylic acids is 6. The molecule has 21 nitrogen and oxygen atoms in total. The monoisotopic (exact) mass is 860 g/mol. The molecule has 3 rings (SSSR count). The second-order valence-corrected chi connectivity index (χ2v) is 9.81. The molecule has 0 saturated carbocycles. The molecule has 0 spiro atoms. The summed E-state index contributed by atoms with van der Waals surface area (Å²) in [5, 5.41) is 84.2. The first-order chi connectivity index (χ1) is 25.4. The molecule has 3 unspecified atom stereocenters. The third-order valence-corrected chi connectivity index (χ3v) is 5.23. The zero-order valence-corrected chi connectivity index (χ0v) is 31.9. The Labute approximate surface area is 329 Å². The van der Waals surface area contributed by atoms with E-state index in [2.05, 4.69) is 29.9 Å². The number of imidazole rings is 3. The van der Waals surface area contributed by atoms with E-state index in [0.29, 0.717) is 36.3 Å². The zero-order chi connectivity index (χ0) is 41.9. The number of rotatable bonds is 15. The van der Waals surface area contributed by atoms with E-state index in [4.69, 9.17) is 15.3 Å². The van der Waals surface area contributed by atoms with Crippen LogP contribution in [0.4, 0.5) is 0 Å². The largest absolute Gasteiger partial charge is 6.00 e. The minimum atomic E-state index is -1.38. The topological polar surface area (TPSA) is 388 Å². The molecule has 6 N–H and O–H groups in total. The number of carboxylic acids is 6. The number of aliphatic hydroxyl groups is 3. The van der Waals surface area contributed by atoms with E-state index in [-0.39, 0.29) is 40.3 Å². The van der Waals surface area contributed by atoms with E-state index in [9.17, 15) is 59.4 Å². The number of H-pyrrole nitrogens is 3. The molecule has 0 amide bonds. The van der Waals surface area contributed by atoms with Crippen molar-refractivity contribution >= 4 is 54.0 Å². The van der Waals surface area contributed by atoms with Crippen LogP contribution in [0.3, 0.4) is 0 Å². The van der Waals surface area contributed by atoms with Crippen LogP contribution in [0.5, 0.6) is 0 Å². The third kappa shape index (κ3) is 39.3. The first kappa shape index (κ1) is 56.0. The Kier molecular flexibility index (Phi) is 37.2. The summed E-state index contributed by atoms with van der Waals surface area (Å²) in [6, 6.07) is 0. The van der Waals surface area contributed by atoms with E-state index in [0.717, 1.165) is 18.2 Å². The molecule has 300 valence electrons. The average Bonchev–Trinajstić information content (AvgIpc) is 3.92. The summed E-state index contributed by atoms with van der Waals surface area (Å²) in [5.74, 6) is -7.81. The summed E-state index contributed by atoms with van der Waals surface area (Å²) in [5.41, 5.74) is 1.72. The number of nitrogens with zero attached hydrogens (tertiary/aromatic N) is 3. The number of aliphatic hydroxyl groups excluding tert-OH is 3. The summed E-state index contributed by atoms with van der Waals surface area (Å²) in [6.45, 7) is 5.39. The number of aromatic amines is 3. The van der Waals surface area contributed by atoms with Gasteiger partial charge in [-0.3, -0.25) is 0 Å². The Morgan fingerprint density at radius 2 is 0.745 bits per heavy atom. The number of carbonyl (C=O) groups is 6. The maximum absolute atomic E-state index is 9.86. The van der Waals surface area contributed by atoms with Crippen LogP contribution in [-0.2, 0) is 49.8 Å². The van der Waals surface area contributed by atoms with Crippen molar-refractivity contribution in [3.05, 3.63) is 72.9 Å². The van der Waals surface area contributed by atoms with Crippen molar-refractivity contribution in [3.63, 3.8) is 0 Å². The normalized spacial score (nSPS) is 11.5. The van der Waals surface area contributed by atoms with Crippen molar-refractivity contribution in [1.29, 1.82) is 0 Å². The van der Waals surface area contributed by atoms with E-state index in [1.54, 1.807) is 39.4 Å². The van der Waals surface area contributed by atoms with Crippen LogP contribution in [0.25, 0.3) is 18.2 Å². The number of carboxylic acid groups (broad SMARTS) is 6. The van der Waals surface area contributed by atoms with Crippen molar-refractivity contribution in [1.82, 2.24) is 29.9 Å². The standard InChI is InChI=1S/3C6H6N2O2.3C5H10O3.Mo/c3*9-6(10)2-1-5-3-7-4-8-5;3*1-2-3-4(6)5(7)8;/h3*1-4H,(H,7,8)(H,9,10);3*4,6H,2-3H2,1H3,(H,7,8);/q;;;;;;+6/p-6. The molecule has 55 heavy (non-hydrogen) atoms. The Morgan fingerprint density at radius 1 is 0.527 bits per heavy atom. The second kappa shape index (κ2) is 36.6. The van der Waals surface area contributed by atoms with Crippen LogP contribution < -0.4 is 30.6 Å². The zero-order valence-electron chi connectivity index (χ0n) is 29.9. The van der Waals surface area contributed by atoms with Gasteiger partial charge >= 0.3 is 21.1 Å². The van der Waals surface area contributed by atoms with Gasteiger partial charge in [0.25, 0.3) is 0 Å². The average molecular weight is 859 g/mol. The molecule has 3 atom stereocenters. The van der Waals surface area contributed by atoms with Gasteiger partial charge in [-0.1, -0.05) is 40.0 Å². The first-order valence-corrected chi connectivity index (χ1v) is 15.7. The Balaban J connectivity index is -0.000000284. The SMILES string of the molecule is CCCC(O)C(=O)[O-].CCCC(O)C(=O)[O-].CCCC(O)C(=O)[O-].O=C([O-])C=Cc1c[nH]cn1.O=C([O-])C=Cc1c[nH]cn1.O=C([O-])C=Cc1c[nH]cn1.[Mo+6]. The predicted molar refractivity (Wildman–Crippen MR) is 176 cm³/mol. The molecule has 3 aromatic heterocycles. The molecule has 0 radical (unpaired) electrons. The fraction of sp³-hybridized carbons (Fsp3) is 0.364. The van der Waals surface area contributed by atoms with Crippen LogP contribution >= 0.6 is 0 Å². The van der Waals surface area contributed by atoms with Gasteiger partial charge in [0.2, 0.25) is 0 Å². The van der Waals surface area contributed by atoms with Gasteiger partial charge in [-0.25, -0.2) is 15.0 Å². The molecule has 0 aliphatic heterocycles. The first-order valence-electron chi connectivity index (χ1n) is 15.7. The molecule has 22 heteroatoms. The van der Waals surface area contributed by atoms with Crippen molar-refractivity contribution < 1.29 is 95.8 Å². The number of nitrogens with one attached hydrogen (secondary N) is 3.